The number of nitrogens with two attached hydrogens (primary N) is 1. The highest BCUT2D eigenvalue weighted by Crippen LogP contribution is 2.27. The zero-order chi connectivity index (χ0) is 13.7. The third-order valence-corrected chi connectivity index (χ3v) is 3.42. The van der Waals surface area contributed by atoms with Crippen LogP contribution in [-0.2, 0) is 0 Å². The van der Waals surface area contributed by atoms with Crippen molar-refractivity contribution in [2.45, 2.75) is 19.3 Å². The molecule has 0 atom stereocenters. The Morgan fingerprint density at radius 2 is 2.32 bits per heavy atom. The Balaban J connectivity index is 2.04. The Labute approximate surface area is 114 Å². The summed E-state index contributed by atoms with van der Waals surface area (Å²) < 4.78 is 0. The van der Waals surface area contributed by atoms with Crippen molar-refractivity contribution in [1.29, 1.82) is 0 Å². The summed E-state index contributed by atoms with van der Waals surface area (Å²) in [5.41, 5.74) is 6.65. The minimum absolute atomic E-state index is 0.01000. The highest BCUT2D eigenvalue weighted by Gasteiger charge is 2.22. The summed E-state index contributed by atoms with van der Waals surface area (Å²) in [6, 6.07) is 1.77. The minimum atomic E-state index is 0.01000. The molecule has 2 rings (SSSR count). The van der Waals surface area contributed by atoms with Gasteiger partial charge >= 0.3 is 0 Å². The van der Waals surface area contributed by atoms with Crippen LogP contribution in [-0.4, -0.2) is 35.9 Å². The maximum atomic E-state index is 12.3. The van der Waals surface area contributed by atoms with Crippen LogP contribution >= 0.6 is 0 Å². The van der Waals surface area contributed by atoms with Gasteiger partial charge in [-0.15, -0.1) is 0 Å². The fourth-order valence-corrected chi connectivity index (χ4v) is 2.14. The fourth-order valence-electron chi connectivity index (χ4n) is 2.14. The molecule has 4 heteroatoms. The summed E-state index contributed by atoms with van der Waals surface area (Å²) >= 11 is 0. The zero-order valence-electron chi connectivity index (χ0n) is 11.2. The van der Waals surface area contributed by atoms with Gasteiger partial charge in [-0.05, 0) is 24.8 Å². The van der Waals surface area contributed by atoms with E-state index in [-0.39, 0.29) is 5.91 Å². The van der Waals surface area contributed by atoms with Crippen LogP contribution in [0.5, 0.6) is 0 Å². The lowest BCUT2D eigenvalue weighted by Gasteiger charge is -2.30. The normalized spacial score (nSPS) is 14.2. The van der Waals surface area contributed by atoms with Gasteiger partial charge in [0.15, 0.2) is 0 Å². The Bertz CT molecular complexity index is 512. The minimum Gasteiger partial charge on any atom is -0.341 e. The monoisotopic (exact) mass is 257 g/mol. The highest BCUT2D eigenvalue weighted by atomic mass is 16.2. The molecular formula is C15H19N3O. The second kappa shape index (κ2) is 6.35. The van der Waals surface area contributed by atoms with Crippen LogP contribution in [0.3, 0.4) is 0 Å². The second-order valence-corrected chi connectivity index (χ2v) is 4.95. The second-order valence-electron chi connectivity index (χ2n) is 4.95. The first-order chi connectivity index (χ1) is 9.20. The van der Waals surface area contributed by atoms with Gasteiger partial charge in [0.2, 0.25) is 0 Å². The molecule has 4 nitrogen and oxygen atoms in total. The van der Waals surface area contributed by atoms with Gasteiger partial charge in [-0.1, -0.05) is 18.3 Å². The molecule has 19 heavy (non-hydrogen) atoms. The Hall–Kier alpha value is -1.86. The topological polar surface area (TPSA) is 59.2 Å². The van der Waals surface area contributed by atoms with Crippen LogP contribution in [0.15, 0.2) is 18.5 Å². The van der Waals surface area contributed by atoms with Crippen LogP contribution in [0.1, 0.15) is 35.2 Å². The van der Waals surface area contributed by atoms with Crippen molar-refractivity contribution < 1.29 is 4.79 Å². The van der Waals surface area contributed by atoms with E-state index >= 15 is 0 Å². The van der Waals surface area contributed by atoms with Gasteiger partial charge in [-0.25, -0.2) is 0 Å². The van der Waals surface area contributed by atoms with Gasteiger partial charge in [-0.3, -0.25) is 9.78 Å². The summed E-state index contributed by atoms with van der Waals surface area (Å²) in [5, 5.41) is 0. The lowest BCUT2D eigenvalue weighted by Crippen LogP contribution is -2.34. The van der Waals surface area contributed by atoms with Gasteiger partial charge in [0.25, 0.3) is 5.91 Å². The smallest absolute Gasteiger partial charge is 0.255 e. The SMILES string of the molecule is CN(CC1CCC1)C(=O)c1cncc(C#CCN)c1. The number of carbonyl (C=O) groups is 1. The van der Waals surface area contributed by atoms with E-state index in [4.69, 9.17) is 5.73 Å². The molecule has 1 aliphatic carbocycles. The molecule has 0 spiro atoms. The maximum absolute atomic E-state index is 12.3. The molecule has 1 aromatic rings. The maximum Gasteiger partial charge on any atom is 0.255 e. The lowest BCUT2D eigenvalue weighted by molar-refractivity contribution is 0.0745. The van der Waals surface area contributed by atoms with Crippen LogP contribution in [0.25, 0.3) is 0 Å². The van der Waals surface area contributed by atoms with Crippen molar-refractivity contribution in [1.82, 2.24) is 9.88 Å². The van der Waals surface area contributed by atoms with E-state index in [1.165, 1.54) is 19.3 Å². The molecule has 1 heterocycles. The summed E-state index contributed by atoms with van der Waals surface area (Å²) in [6.45, 7) is 1.14. The molecule has 100 valence electrons. The number of hydrogen-bond donors (Lipinski definition) is 1. The van der Waals surface area contributed by atoms with Crippen molar-refractivity contribution in [2.24, 2.45) is 11.7 Å². The zero-order valence-corrected chi connectivity index (χ0v) is 11.2. The molecule has 0 bridgehead atoms. The van der Waals surface area contributed by atoms with Gasteiger partial charge in [-0.2, -0.15) is 0 Å². The van der Waals surface area contributed by atoms with Crippen molar-refractivity contribution >= 4 is 5.91 Å². The molecule has 1 fully saturated rings. The van der Waals surface area contributed by atoms with Crippen LogP contribution in [0.2, 0.25) is 0 Å². The number of aromatic nitrogens is 1. The number of rotatable bonds is 3. The van der Waals surface area contributed by atoms with E-state index in [1.807, 2.05) is 7.05 Å². The van der Waals surface area contributed by atoms with E-state index in [0.29, 0.717) is 18.0 Å². The molecule has 0 radical (unpaired) electrons. The van der Waals surface area contributed by atoms with Gasteiger partial charge in [0.1, 0.15) is 0 Å². The van der Waals surface area contributed by atoms with E-state index in [9.17, 15) is 4.79 Å². The Kier molecular flexibility index (Phi) is 4.53. The summed E-state index contributed by atoms with van der Waals surface area (Å²) in [5.74, 6) is 6.34. The number of pyridine rings is 1. The third kappa shape index (κ3) is 3.55. The summed E-state index contributed by atoms with van der Waals surface area (Å²) in [4.78, 5) is 18.1. The summed E-state index contributed by atoms with van der Waals surface area (Å²) in [7, 11) is 1.85. The Morgan fingerprint density at radius 3 is 2.95 bits per heavy atom. The number of hydrogen-bond acceptors (Lipinski definition) is 3. The first-order valence-corrected chi connectivity index (χ1v) is 6.60. The average molecular weight is 257 g/mol. The molecule has 1 amide bonds. The van der Waals surface area contributed by atoms with Crippen molar-refractivity contribution in [3.05, 3.63) is 29.6 Å². The van der Waals surface area contributed by atoms with E-state index in [2.05, 4.69) is 16.8 Å². The van der Waals surface area contributed by atoms with Crippen molar-refractivity contribution in [3.8, 4) is 11.8 Å². The first-order valence-electron chi connectivity index (χ1n) is 6.60. The lowest BCUT2D eigenvalue weighted by atomic mass is 9.85. The average Bonchev–Trinajstić information content (AvgIpc) is 2.39. The van der Waals surface area contributed by atoms with Crippen LogP contribution in [0, 0.1) is 17.8 Å². The predicted octanol–water partition coefficient (Wildman–Crippen LogP) is 1.26. The fraction of sp³-hybridized carbons (Fsp3) is 0.467. The van der Waals surface area contributed by atoms with Gasteiger partial charge in [0.05, 0.1) is 12.1 Å². The highest BCUT2D eigenvalue weighted by molar-refractivity contribution is 5.94. The van der Waals surface area contributed by atoms with E-state index in [0.717, 1.165) is 12.1 Å². The van der Waals surface area contributed by atoms with Crippen molar-refractivity contribution in [2.75, 3.05) is 20.1 Å². The Morgan fingerprint density at radius 1 is 1.53 bits per heavy atom. The van der Waals surface area contributed by atoms with Crippen LogP contribution in [0.4, 0.5) is 0 Å². The molecule has 2 N–H and O–H groups in total. The van der Waals surface area contributed by atoms with Gasteiger partial charge in [0, 0.05) is 31.5 Å². The molecule has 0 saturated heterocycles. The number of amides is 1. The molecule has 0 aromatic carbocycles. The third-order valence-electron chi connectivity index (χ3n) is 3.42. The molecule has 1 aromatic heterocycles. The molecule has 1 aliphatic rings. The quantitative estimate of drug-likeness (QED) is 0.829. The number of nitrogens with zero attached hydrogens (tertiary/aromatic N) is 2. The van der Waals surface area contributed by atoms with Gasteiger partial charge < -0.3 is 10.6 Å². The van der Waals surface area contributed by atoms with Crippen LogP contribution < -0.4 is 5.73 Å². The standard InChI is InChI=1S/C15H19N3O/c1-18(11-12-4-2-5-12)15(19)14-8-13(6-3-7-16)9-17-10-14/h8-10,12H,2,4-5,7,11,16H2,1H3. The van der Waals surface area contributed by atoms with E-state index < -0.39 is 0 Å². The van der Waals surface area contributed by atoms with E-state index in [1.54, 1.807) is 23.4 Å². The largest absolute Gasteiger partial charge is 0.341 e. The molecule has 0 unspecified atom stereocenters. The predicted molar refractivity (Wildman–Crippen MR) is 74.5 cm³/mol. The first kappa shape index (κ1) is 13.6. The summed E-state index contributed by atoms with van der Waals surface area (Å²) in [6.07, 6.45) is 6.99. The number of carbonyl (C=O) groups excluding carboxylic acids is 1. The van der Waals surface area contributed by atoms with Crippen molar-refractivity contribution in [3.63, 3.8) is 0 Å². The molecule has 0 aliphatic heterocycles. The molecular weight excluding hydrogens is 238 g/mol. The molecule has 1 saturated carbocycles.